The first-order valence-corrected chi connectivity index (χ1v) is 10.8. The minimum absolute atomic E-state index is 0.0409. The van der Waals surface area contributed by atoms with Crippen molar-refractivity contribution in [1.29, 1.82) is 0 Å². The molecular formula is C18H32N6O8S. The van der Waals surface area contributed by atoms with Crippen LogP contribution in [0.4, 0.5) is 0 Å². The van der Waals surface area contributed by atoms with Gasteiger partial charge in [-0.05, 0) is 32.2 Å². The van der Waals surface area contributed by atoms with Gasteiger partial charge >= 0.3 is 11.9 Å². The molecule has 0 aliphatic carbocycles. The highest BCUT2D eigenvalue weighted by Crippen LogP contribution is 2.05. The number of aliphatic carboxylic acids is 2. The van der Waals surface area contributed by atoms with Gasteiger partial charge in [0.05, 0.1) is 12.5 Å². The first-order valence-electron chi connectivity index (χ1n) is 10.1. The Bertz CT molecular complexity index is 722. The molecule has 0 radical (unpaired) electrons. The van der Waals surface area contributed by atoms with Crippen molar-refractivity contribution in [3.05, 3.63) is 0 Å². The van der Waals surface area contributed by atoms with E-state index in [4.69, 9.17) is 22.3 Å². The fraction of sp³-hybridized carbons (Fsp3) is 0.667. The van der Waals surface area contributed by atoms with E-state index in [1.807, 2.05) is 0 Å². The molecule has 0 saturated carbocycles. The number of carboxylic acid groups (broad SMARTS) is 2. The van der Waals surface area contributed by atoms with Crippen LogP contribution in [-0.2, 0) is 28.8 Å². The zero-order valence-corrected chi connectivity index (χ0v) is 18.9. The Kier molecular flexibility index (Phi) is 14.4. The summed E-state index contributed by atoms with van der Waals surface area (Å²) in [5.74, 6) is -6.37. The summed E-state index contributed by atoms with van der Waals surface area (Å²) in [5.41, 5.74) is 16.0. The first-order chi connectivity index (χ1) is 15.4. The smallest absolute Gasteiger partial charge is 0.326 e. The first kappa shape index (κ1) is 30.1. The van der Waals surface area contributed by atoms with Gasteiger partial charge in [-0.3, -0.25) is 24.0 Å². The number of rotatable bonds is 17. The van der Waals surface area contributed by atoms with Crippen molar-refractivity contribution in [1.82, 2.24) is 16.0 Å². The molecule has 0 aliphatic heterocycles. The molecule has 0 fully saturated rings. The lowest BCUT2D eigenvalue weighted by Crippen LogP contribution is -2.57. The van der Waals surface area contributed by atoms with Crippen LogP contribution in [0.3, 0.4) is 0 Å². The predicted molar refractivity (Wildman–Crippen MR) is 119 cm³/mol. The molecule has 0 aromatic carbocycles. The minimum atomic E-state index is -1.65. The standard InChI is InChI=1S/C18H32N6O8S/c19-6-2-1-3-11(18(31)32)23-17(30)12(7-14(26)27)24-16(29)10(4-5-13(21)25)22-15(28)9(20)8-33/h9-12,33H,1-8,19-20H2,(H2,21,25)(H,22,28)(H,23,30)(H,24,29)(H,26,27)(H,31,32). The molecule has 4 amide bonds. The van der Waals surface area contributed by atoms with E-state index in [0.717, 1.165) is 0 Å². The van der Waals surface area contributed by atoms with E-state index >= 15 is 0 Å². The Hall–Kier alpha value is -2.91. The summed E-state index contributed by atoms with van der Waals surface area (Å²) in [6.45, 7) is 0.327. The third-order valence-corrected chi connectivity index (χ3v) is 4.81. The Morgan fingerprint density at radius 1 is 0.818 bits per heavy atom. The largest absolute Gasteiger partial charge is 0.481 e. The fourth-order valence-electron chi connectivity index (χ4n) is 2.60. The third-order valence-electron chi connectivity index (χ3n) is 4.42. The fourth-order valence-corrected chi connectivity index (χ4v) is 2.76. The topological polar surface area (TPSA) is 257 Å². The van der Waals surface area contributed by atoms with Crippen LogP contribution in [0.2, 0.25) is 0 Å². The zero-order chi connectivity index (χ0) is 25.6. The molecule has 0 bridgehead atoms. The van der Waals surface area contributed by atoms with Crippen LogP contribution in [-0.4, -0.2) is 82.2 Å². The quantitative estimate of drug-likeness (QED) is 0.0719. The molecule has 33 heavy (non-hydrogen) atoms. The van der Waals surface area contributed by atoms with Crippen molar-refractivity contribution in [2.24, 2.45) is 17.2 Å². The van der Waals surface area contributed by atoms with Crippen LogP contribution in [0.1, 0.15) is 38.5 Å². The molecule has 0 rings (SSSR count). The molecule has 0 aromatic rings. The van der Waals surface area contributed by atoms with Gasteiger partial charge in [-0.15, -0.1) is 0 Å². The summed E-state index contributed by atoms with van der Waals surface area (Å²) < 4.78 is 0. The predicted octanol–water partition coefficient (Wildman–Crippen LogP) is -3.35. The maximum absolute atomic E-state index is 12.7. The number of amides is 4. The van der Waals surface area contributed by atoms with E-state index in [1.165, 1.54) is 0 Å². The number of thiol groups is 1. The summed E-state index contributed by atoms with van der Waals surface area (Å²) in [5, 5.41) is 25.1. The van der Waals surface area contributed by atoms with Crippen molar-refractivity contribution < 1.29 is 39.0 Å². The van der Waals surface area contributed by atoms with Crippen molar-refractivity contribution in [2.75, 3.05) is 12.3 Å². The number of hydrogen-bond acceptors (Lipinski definition) is 9. The van der Waals surface area contributed by atoms with Crippen LogP contribution in [0.25, 0.3) is 0 Å². The summed E-state index contributed by atoms with van der Waals surface area (Å²) in [6.07, 6.45) is -0.442. The highest BCUT2D eigenvalue weighted by molar-refractivity contribution is 7.80. The molecular weight excluding hydrogens is 460 g/mol. The van der Waals surface area contributed by atoms with Crippen LogP contribution in [0.15, 0.2) is 0 Å². The number of hydrogen-bond donors (Lipinski definition) is 9. The van der Waals surface area contributed by atoms with Gasteiger partial charge < -0.3 is 43.4 Å². The van der Waals surface area contributed by atoms with E-state index in [2.05, 4.69) is 28.6 Å². The molecule has 0 saturated heterocycles. The second-order valence-electron chi connectivity index (χ2n) is 7.20. The third kappa shape index (κ3) is 12.6. The number of nitrogens with one attached hydrogen (secondary N) is 3. The van der Waals surface area contributed by atoms with E-state index in [1.54, 1.807) is 0 Å². The Morgan fingerprint density at radius 2 is 1.36 bits per heavy atom. The van der Waals surface area contributed by atoms with Crippen molar-refractivity contribution in [3.8, 4) is 0 Å². The lowest BCUT2D eigenvalue weighted by atomic mass is 10.1. The van der Waals surface area contributed by atoms with E-state index < -0.39 is 66.2 Å². The van der Waals surface area contributed by atoms with Crippen molar-refractivity contribution in [2.45, 2.75) is 62.7 Å². The number of unbranched alkanes of at least 4 members (excludes halogenated alkanes) is 1. The van der Waals surface area contributed by atoms with Gasteiger partial charge in [0.2, 0.25) is 23.6 Å². The van der Waals surface area contributed by atoms with Crippen LogP contribution in [0, 0.1) is 0 Å². The van der Waals surface area contributed by atoms with Crippen LogP contribution in [0.5, 0.6) is 0 Å². The van der Waals surface area contributed by atoms with Gasteiger partial charge in [0.25, 0.3) is 0 Å². The number of primary amides is 1. The second kappa shape index (κ2) is 15.8. The van der Waals surface area contributed by atoms with E-state index in [9.17, 15) is 33.9 Å². The van der Waals surface area contributed by atoms with Gasteiger partial charge in [0, 0.05) is 12.2 Å². The lowest BCUT2D eigenvalue weighted by molar-refractivity contribution is -0.143. The molecule has 4 unspecified atom stereocenters. The summed E-state index contributed by atoms with van der Waals surface area (Å²) >= 11 is 3.88. The monoisotopic (exact) mass is 492 g/mol. The van der Waals surface area contributed by atoms with E-state index in [-0.39, 0.29) is 25.0 Å². The molecule has 15 heteroatoms. The molecule has 188 valence electrons. The molecule has 0 spiro atoms. The van der Waals surface area contributed by atoms with Crippen molar-refractivity contribution >= 4 is 48.2 Å². The zero-order valence-electron chi connectivity index (χ0n) is 18.0. The van der Waals surface area contributed by atoms with Gasteiger partial charge in [0.15, 0.2) is 0 Å². The molecule has 4 atom stereocenters. The van der Waals surface area contributed by atoms with Gasteiger partial charge in [0.1, 0.15) is 18.1 Å². The minimum Gasteiger partial charge on any atom is -0.481 e. The van der Waals surface area contributed by atoms with Gasteiger partial charge in [-0.1, -0.05) is 0 Å². The average Bonchev–Trinajstić information content (AvgIpc) is 2.73. The number of carbonyl (C=O) groups is 6. The average molecular weight is 493 g/mol. The molecule has 11 N–H and O–H groups in total. The maximum Gasteiger partial charge on any atom is 0.326 e. The maximum atomic E-state index is 12.7. The van der Waals surface area contributed by atoms with Crippen molar-refractivity contribution in [3.63, 3.8) is 0 Å². The van der Waals surface area contributed by atoms with Crippen LogP contribution < -0.4 is 33.2 Å². The molecule has 0 aliphatic rings. The number of carbonyl (C=O) groups excluding carboxylic acids is 4. The lowest BCUT2D eigenvalue weighted by Gasteiger charge is -2.24. The number of carboxylic acids is 2. The molecule has 0 aromatic heterocycles. The SMILES string of the molecule is NCCCCC(NC(=O)C(CC(=O)O)NC(=O)C(CCC(N)=O)NC(=O)C(N)CS)C(=O)O. The normalized spacial score (nSPS) is 14.3. The van der Waals surface area contributed by atoms with Gasteiger partial charge in [-0.25, -0.2) is 4.79 Å². The Labute approximate surface area is 195 Å². The van der Waals surface area contributed by atoms with E-state index in [0.29, 0.717) is 19.4 Å². The molecule has 14 nitrogen and oxygen atoms in total. The Balaban J connectivity index is 5.47. The number of nitrogens with two attached hydrogens (primary N) is 3. The van der Waals surface area contributed by atoms with Crippen LogP contribution >= 0.6 is 12.6 Å². The Morgan fingerprint density at radius 3 is 1.85 bits per heavy atom. The summed E-state index contributed by atoms with van der Waals surface area (Å²) in [4.78, 5) is 71.0. The van der Waals surface area contributed by atoms with Gasteiger partial charge in [-0.2, -0.15) is 12.6 Å². The second-order valence-corrected chi connectivity index (χ2v) is 7.56. The summed E-state index contributed by atoms with van der Waals surface area (Å²) in [7, 11) is 0. The summed E-state index contributed by atoms with van der Waals surface area (Å²) in [6, 6.07) is -5.41. The highest BCUT2D eigenvalue weighted by atomic mass is 32.1. The highest BCUT2D eigenvalue weighted by Gasteiger charge is 2.31. The molecule has 0 heterocycles.